The second kappa shape index (κ2) is 8.28. The Hall–Kier alpha value is -1.16. The highest BCUT2D eigenvalue weighted by atomic mass is 35.5. The summed E-state index contributed by atoms with van der Waals surface area (Å²) < 4.78 is 32.3. The highest BCUT2D eigenvalue weighted by Gasteiger charge is 2.34. The van der Waals surface area contributed by atoms with Crippen molar-refractivity contribution in [3.63, 3.8) is 0 Å². The molecule has 0 aliphatic carbocycles. The van der Waals surface area contributed by atoms with Crippen LogP contribution < -0.4 is 10.0 Å². The van der Waals surface area contributed by atoms with E-state index in [4.69, 9.17) is 4.52 Å². The fourth-order valence-electron chi connectivity index (χ4n) is 3.02. The van der Waals surface area contributed by atoms with Gasteiger partial charge in [0, 0.05) is 19.1 Å². The van der Waals surface area contributed by atoms with E-state index in [1.165, 1.54) is 6.92 Å². The van der Waals surface area contributed by atoms with Gasteiger partial charge in [-0.2, -0.15) is 4.72 Å². The highest BCUT2D eigenvalue weighted by molar-refractivity contribution is 7.89. The number of halogens is 1. The molecule has 0 saturated carbocycles. The quantitative estimate of drug-likeness (QED) is 0.748. The lowest BCUT2D eigenvalue weighted by Gasteiger charge is -2.27. The lowest BCUT2D eigenvalue weighted by Crippen LogP contribution is -2.50. The van der Waals surface area contributed by atoms with E-state index in [-0.39, 0.29) is 40.7 Å². The van der Waals surface area contributed by atoms with Crippen molar-refractivity contribution in [3.05, 3.63) is 11.5 Å². The van der Waals surface area contributed by atoms with Crippen molar-refractivity contribution in [1.82, 2.24) is 20.1 Å². The Balaban J connectivity index is 0.00000288. The van der Waals surface area contributed by atoms with Gasteiger partial charge in [0.2, 0.25) is 15.9 Å². The first-order valence-electron chi connectivity index (χ1n) is 7.68. The molecule has 8 nitrogen and oxygen atoms in total. The summed E-state index contributed by atoms with van der Waals surface area (Å²) >= 11 is 0. The van der Waals surface area contributed by atoms with E-state index >= 15 is 0 Å². The van der Waals surface area contributed by atoms with Crippen molar-refractivity contribution < 1.29 is 17.7 Å². The Morgan fingerprint density at radius 2 is 2.12 bits per heavy atom. The summed E-state index contributed by atoms with van der Waals surface area (Å²) in [6.45, 7) is 6.01. The third-order valence-corrected chi connectivity index (χ3v) is 5.82. The minimum Gasteiger partial charge on any atom is -0.360 e. The van der Waals surface area contributed by atoms with Crippen LogP contribution in [0.3, 0.4) is 0 Å². The average Bonchev–Trinajstić information content (AvgIpc) is 3.05. The predicted molar refractivity (Wildman–Crippen MR) is 91.7 cm³/mol. The van der Waals surface area contributed by atoms with E-state index in [1.54, 1.807) is 18.7 Å². The van der Waals surface area contributed by atoms with Gasteiger partial charge < -0.3 is 14.7 Å². The number of aromatic nitrogens is 1. The van der Waals surface area contributed by atoms with E-state index in [2.05, 4.69) is 15.2 Å². The molecule has 0 radical (unpaired) electrons. The van der Waals surface area contributed by atoms with Crippen LogP contribution in [0, 0.1) is 13.8 Å². The molecule has 2 unspecified atom stereocenters. The van der Waals surface area contributed by atoms with Crippen molar-refractivity contribution in [1.29, 1.82) is 0 Å². The second-order valence-corrected chi connectivity index (χ2v) is 7.53. The van der Waals surface area contributed by atoms with Crippen LogP contribution in [0.1, 0.15) is 31.2 Å². The number of carbonyl (C=O) groups excluding carboxylic acids is 1. The number of carbonyl (C=O) groups is 1. The Labute approximate surface area is 148 Å². The molecule has 1 aromatic heterocycles. The molecule has 2 heterocycles. The molecule has 2 atom stereocenters. The summed E-state index contributed by atoms with van der Waals surface area (Å²) in [5, 5.41) is 6.72. The summed E-state index contributed by atoms with van der Waals surface area (Å²) in [5.74, 6) is 0.00182. The summed E-state index contributed by atoms with van der Waals surface area (Å²) in [4.78, 5) is 14.3. The number of amides is 1. The van der Waals surface area contributed by atoms with Gasteiger partial charge in [-0.05, 0) is 40.7 Å². The van der Waals surface area contributed by atoms with E-state index in [0.29, 0.717) is 13.1 Å². The summed E-state index contributed by atoms with van der Waals surface area (Å²) in [6, 6.07) is -0.732. The van der Waals surface area contributed by atoms with E-state index < -0.39 is 16.1 Å². The van der Waals surface area contributed by atoms with Gasteiger partial charge in [0.05, 0.1) is 6.04 Å². The van der Waals surface area contributed by atoms with Crippen molar-refractivity contribution >= 4 is 28.3 Å². The van der Waals surface area contributed by atoms with E-state index in [1.807, 2.05) is 7.05 Å². The van der Waals surface area contributed by atoms with E-state index in [9.17, 15) is 13.2 Å². The maximum atomic E-state index is 12.6. The molecule has 2 rings (SSSR count). The van der Waals surface area contributed by atoms with Crippen LogP contribution in [0.5, 0.6) is 0 Å². The fraction of sp³-hybridized carbons (Fsp3) is 0.714. The zero-order valence-corrected chi connectivity index (χ0v) is 16.0. The molecule has 1 fully saturated rings. The number of rotatable bonds is 6. The van der Waals surface area contributed by atoms with Gasteiger partial charge in [-0.25, -0.2) is 8.42 Å². The SMILES string of the molecule is CNCC1CCCN1C(=O)C(C)NS(=O)(=O)c1c(C)noc1C.Cl. The van der Waals surface area contributed by atoms with Gasteiger partial charge in [-0.3, -0.25) is 4.79 Å². The number of aryl methyl sites for hydroxylation is 2. The molecule has 24 heavy (non-hydrogen) atoms. The topological polar surface area (TPSA) is 105 Å². The number of hydrogen-bond acceptors (Lipinski definition) is 6. The predicted octanol–water partition coefficient (Wildman–Crippen LogP) is 0.590. The first-order valence-corrected chi connectivity index (χ1v) is 9.16. The molecule has 0 spiro atoms. The normalized spacial score (nSPS) is 19.2. The molecule has 0 aromatic carbocycles. The molecular weight excluding hydrogens is 356 g/mol. The molecule has 0 bridgehead atoms. The van der Waals surface area contributed by atoms with Crippen molar-refractivity contribution in [2.24, 2.45) is 0 Å². The molecule has 1 amide bonds. The Kier molecular flexibility index (Phi) is 7.21. The molecule has 2 N–H and O–H groups in total. The molecule has 138 valence electrons. The minimum atomic E-state index is -3.85. The lowest BCUT2D eigenvalue weighted by molar-refractivity contribution is -0.133. The number of nitrogens with zero attached hydrogens (tertiary/aromatic N) is 2. The smallest absolute Gasteiger partial charge is 0.246 e. The largest absolute Gasteiger partial charge is 0.360 e. The maximum absolute atomic E-state index is 12.6. The molecule has 1 aliphatic heterocycles. The second-order valence-electron chi connectivity index (χ2n) is 5.88. The number of likely N-dealkylation sites (tertiary alicyclic amines) is 1. The number of likely N-dealkylation sites (N-methyl/N-ethyl adjacent to an activating group) is 1. The summed E-state index contributed by atoms with van der Waals surface area (Å²) in [5.41, 5.74) is 0.281. The monoisotopic (exact) mass is 380 g/mol. The number of sulfonamides is 1. The number of nitrogens with one attached hydrogen (secondary N) is 2. The van der Waals surface area contributed by atoms with Crippen LogP contribution in [-0.4, -0.2) is 56.6 Å². The first kappa shape index (κ1) is 20.9. The molecule has 1 aromatic rings. The zero-order valence-electron chi connectivity index (χ0n) is 14.3. The third kappa shape index (κ3) is 4.27. The molecule has 1 saturated heterocycles. The van der Waals surface area contributed by atoms with Crippen LogP contribution in [0.4, 0.5) is 0 Å². The Morgan fingerprint density at radius 3 is 2.67 bits per heavy atom. The van der Waals surface area contributed by atoms with Crippen LogP contribution in [0.25, 0.3) is 0 Å². The molecule has 1 aliphatic rings. The van der Waals surface area contributed by atoms with Gasteiger partial charge in [-0.15, -0.1) is 12.4 Å². The summed E-state index contributed by atoms with van der Waals surface area (Å²) in [7, 11) is -2.01. The molecule has 10 heteroatoms. The standard InChI is InChI=1S/C14H24N4O4S.ClH/c1-9-13(11(3)22-16-9)23(20,21)17-10(2)14(19)18-7-5-6-12(18)8-15-4;/h10,12,15,17H,5-8H2,1-4H3;1H. The maximum Gasteiger partial charge on any atom is 0.246 e. The summed E-state index contributed by atoms with van der Waals surface area (Å²) in [6.07, 6.45) is 1.86. The van der Waals surface area contributed by atoms with E-state index in [0.717, 1.165) is 12.8 Å². The van der Waals surface area contributed by atoms with Crippen LogP contribution in [-0.2, 0) is 14.8 Å². The zero-order chi connectivity index (χ0) is 17.2. The Morgan fingerprint density at radius 1 is 1.46 bits per heavy atom. The van der Waals surface area contributed by atoms with Crippen molar-refractivity contribution in [3.8, 4) is 0 Å². The Bertz CT molecular complexity index is 657. The van der Waals surface area contributed by atoms with Crippen molar-refractivity contribution in [2.45, 2.75) is 50.6 Å². The third-order valence-electron chi connectivity index (χ3n) is 4.04. The van der Waals surface area contributed by atoms with Gasteiger partial charge in [0.15, 0.2) is 5.76 Å². The lowest BCUT2D eigenvalue weighted by atomic mass is 10.2. The van der Waals surface area contributed by atoms with Gasteiger partial charge in [0.1, 0.15) is 10.6 Å². The molecular formula is C14H25ClN4O4S. The average molecular weight is 381 g/mol. The highest BCUT2D eigenvalue weighted by Crippen LogP contribution is 2.21. The minimum absolute atomic E-state index is 0. The van der Waals surface area contributed by atoms with Gasteiger partial charge in [0.25, 0.3) is 0 Å². The van der Waals surface area contributed by atoms with Crippen LogP contribution in [0.15, 0.2) is 9.42 Å². The first-order chi connectivity index (χ1) is 10.8. The van der Waals surface area contributed by atoms with Crippen molar-refractivity contribution in [2.75, 3.05) is 20.1 Å². The van der Waals surface area contributed by atoms with Crippen LogP contribution >= 0.6 is 12.4 Å². The fourth-order valence-corrected chi connectivity index (χ4v) is 4.55. The van der Waals surface area contributed by atoms with Gasteiger partial charge >= 0.3 is 0 Å². The van der Waals surface area contributed by atoms with Crippen LogP contribution in [0.2, 0.25) is 0 Å². The van der Waals surface area contributed by atoms with Gasteiger partial charge in [-0.1, -0.05) is 5.16 Å². The number of hydrogen-bond donors (Lipinski definition) is 2.